The molecular formula is C26H25N5O2. The number of anilines is 1. The number of amides is 3. The van der Waals surface area contributed by atoms with Gasteiger partial charge in [-0.1, -0.05) is 30.3 Å². The summed E-state index contributed by atoms with van der Waals surface area (Å²) in [5.74, 6) is 0.387. The monoisotopic (exact) mass is 439 g/mol. The van der Waals surface area contributed by atoms with E-state index in [-0.39, 0.29) is 11.9 Å². The van der Waals surface area contributed by atoms with Crippen LogP contribution in [0.25, 0.3) is 5.65 Å². The number of hydrogen-bond donors (Lipinski definition) is 2. The number of imidazole rings is 1. The number of likely N-dealkylation sites (tertiary alicyclic amines) is 1. The molecular weight excluding hydrogens is 414 g/mol. The van der Waals surface area contributed by atoms with E-state index in [1.807, 2.05) is 88.4 Å². The van der Waals surface area contributed by atoms with Crippen LogP contribution in [0, 0.1) is 0 Å². The van der Waals surface area contributed by atoms with Gasteiger partial charge >= 0.3 is 6.03 Å². The number of nitrogens with zero attached hydrogens (tertiary/aromatic N) is 3. The quantitative estimate of drug-likeness (QED) is 0.487. The highest BCUT2D eigenvalue weighted by Gasteiger charge is 2.27. The fraction of sp³-hybridized carbons (Fsp3) is 0.192. The largest absolute Gasteiger partial charge is 0.338 e. The van der Waals surface area contributed by atoms with Crippen molar-refractivity contribution in [3.05, 3.63) is 102 Å². The maximum atomic E-state index is 12.7. The predicted molar refractivity (Wildman–Crippen MR) is 127 cm³/mol. The lowest BCUT2D eigenvalue weighted by Gasteiger charge is -2.17. The Hall–Kier alpha value is -4.13. The fourth-order valence-corrected chi connectivity index (χ4v) is 4.24. The minimum absolute atomic E-state index is 0.0833. The van der Waals surface area contributed by atoms with Crippen molar-refractivity contribution < 1.29 is 9.59 Å². The van der Waals surface area contributed by atoms with Gasteiger partial charge in [-0.2, -0.15) is 0 Å². The second kappa shape index (κ2) is 9.16. The van der Waals surface area contributed by atoms with Gasteiger partial charge in [-0.05, 0) is 53.9 Å². The second-order valence-electron chi connectivity index (χ2n) is 8.26. The third-order valence-corrected chi connectivity index (χ3v) is 6.05. The number of carbonyl (C=O) groups excluding carboxylic acids is 2. The Labute approximate surface area is 192 Å². The van der Waals surface area contributed by atoms with E-state index in [1.54, 1.807) is 6.20 Å². The normalized spacial score (nSPS) is 15.5. The summed E-state index contributed by atoms with van der Waals surface area (Å²) >= 11 is 0. The number of carbonyl (C=O) groups is 2. The van der Waals surface area contributed by atoms with Crippen LogP contribution in [-0.2, 0) is 6.54 Å². The fourth-order valence-electron chi connectivity index (χ4n) is 4.24. The average molecular weight is 440 g/mol. The Morgan fingerprint density at radius 1 is 1.00 bits per heavy atom. The van der Waals surface area contributed by atoms with Crippen LogP contribution in [0.2, 0.25) is 0 Å². The van der Waals surface area contributed by atoms with Crippen LogP contribution >= 0.6 is 0 Å². The highest BCUT2D eigenvalue weighted by molar-refractivity contribution is 5.94. The lowest BCUT2D eigenvalue weighted by molar-refractivity contribution is 0.0790. The zero-order valence-corrected chi connectivity index (χ0v) is 18.1. The highest BCUT2D eigenvalue weighted by Crippen LogP contribution is 2.29. The average Bonchev–Trinajstić information content (AvgIpc) is 3.53. The molecule has 2 aromatic heterocycles. The van der Waals surface area contributed by atoms with E-state index < -0.39 is 0 Å². The molecule has 2 aromatic carbocycles. The van der Waals surface area contributed by atoms with Crippen LogP contribution in [-0.4, -0.2) is 39.3 Å². The Balaban J connectivity index is 1.13. The van der Waals surface area contributed by atoms with Crippen LogP contribution in [0.4, 0.5) is 10.5 Å². The molecule has 1 aliphatic heterocycles. The minimum Gasteiger partial charge on any atom is -0.338 e. The van der Waals surface area contributed by atoms with Crippen molar-refractivity contribution in [1.29, 1.82) is 0 Å². The van der Waals surface area contributed by atoms with Crippen molar-refractivity contribution >= 4 is 23.3 Å². The molecule has 0 saturated carbocycles. The van der Waals surface area contributed by atoms with Crippen LogP contribution in [0.3, 0.4) is 0 Å². The molecule has 0 radical (unpaired) electrons. The molecule has 166 valence electrons. The lowest BCUT2D eigenvalue weighted by Crippen LogP contribution is -2.28. The van der Waals surface area contributed by atoms with Gasteiger partial charge in [-0.25, -0.2) is 9.78 Å². The molecule has 0 spiro atoms. The van der Waals surface area contributed by atoms with E-state index >= 15 is 0 Å². The number of pyridine rings is 1. The van der Waals surface area contributed by atoms with Gasteiger partial charge in [0.2, 0.25) is 0 Å². The van der Waals surface area contributed by atoms with Crippen molar-refractivity contribution in [2.24, 2.45) is 0 Å². The molecule has 7 heteroatoms. The predicted octanol–water partition coefficient (Wildman–Crippen LogP) is 4.29. The Kier molecular flexibility index (Phi) is 5.76. The summed E-state index contributed by atoms with van der Waals surface area (Å²) in [6.45, 7) is 1.88. The minimum atomic E-state index is -0.258. The number of urea groups is 1. The number of hydrogen-bond acceptors (Lipinski definition) is 3. The van der Waals surface area contributed by atoms with Crippen molar-refractivity contribution in [3.8, 4) is 0 Å². The van der Waals surface area contributed by atoms with E-state index in [4.69, 9.17) is 0 Å². The Morgan fingerprint density at radius 2 is 1.82 bits per heavy atom. The van der Waals surface area contributed by atoms with Gasteiger partial charge < -0.3 is 19.9 Å². The Bertz CT molecular complexity index is 1270. The molecule has 0 bridgehead atoms. The first-order valence-electron chi connectivity index (χ1n) is 11.1. The van der Waals surface area contributed by atoms with E-state index in [9.17, 15) is 9.59 Å². The van der Waals surface area contributed by atoms with E-state index in [0.29, 0.717) is 19.0 Å². The third-order valence-electron chi connectivity index (χ3n) is 6.05. The highest BCUT2D eigenvalue weighted by atomic mass is 16.2. The summed E-state index contributed by atoms with van der Waals surface area (Å²) in [7, 11) is 0. The van der Waals surface area contributed by atoms with Crippen molar-refractivity contribution in [3.63, 3.8) is 0 Å². The molecule has 1 fully saturated rings. The number of rotatable bonds is 5. The van der Waals surface area contributed by atoms with Crippen molar-refractivity contribution in [1.82, 2.24) is 19.6 Å². The molecule has 1 unspecified atom stereocenters. The molecule has 3 amide bonds. The molecule has 4 aromatic rings. The van der Waals surface area contributed by atoms with Crippen molar-refractivity contribution in [2.45, 2.75) is 18.9 Å². The van der Waals surface area contributed by atoms with Gasteiger partial charge in [0.15, 0.2) is 0 Å². The molecule has 33 heavy (non-hydrogen) atoms. The molecule has 0 aliphatic carbocycles. The van der Waals surface area contributed by atoms with Crippen LogP contribution in [0.1, 0.15) is 33.8 Å². The summed E-state index contributed by atoms with van der Waals surface area (Å²) in [5, 5.41) is 5.75. The lowest BCUT2D eigenvalue weighted by atomic mass is 9.98. The van der Waals surface area contributed by atoms with E-state index in [2.05, 4.69) is 15.6 Å². The van der Waals surface area contributed by atoms with Gasteiger partial charge in [0.25, 0.3) is 5.91 Å². The number of benzene rings is 2. The van der Waals surface area contributed by atoms with E-state index in [0.717, 1.165) is 35.4 Å². The van der Waals surface area contributed by atoms with Crippen molar-refractivity contribution in [2.75, 3.05) is 18.4 Å². The first-order chi connectivity index (χ1) is 16.2. The number of fused-ring (bicyclic) bond motifs is 1. The molecule has 2 N–H and O–H groups in total. The number of aromatic nitrogens is 2. The molecule has 1 saturated heterocycles. The number of nitrogens with one attached hydrogen (secondary N) is 2. The van der Waals surface area contributed by atoms with Gasteiger partial charge in [0.1, 0.15) is 5.65 Å². The van der Waals surface area contributed by atoms with Crippen LogP contribution in [0.15, 0.2) is 85.3 Å². The van der Waals surface area contributed by atoms with Gasteiger partial charge in [0, 0.05) is 55.4 Å². The molecule has 1 aliphatic rings. The Morgan fingerprint density at radius 3 is 2.64 bits per heavy atom. The van der Waals surface area contributed by atoms with Crippen LogP contribution in [0.5, 0.6) is 0 Å². The smallest absolute Gasteiger partial charge is 0.319 e. The SMILES string of the molecule is O=C(NCc1ccn2ccnc2c1)Nc1ccc(C2CCN(C(=O)c3ccccc3)C2)cc1. The molecule has 1 atom stereocenters. The first-order valence-corrected chi connectivity index (χ1v) is 11.1. The first kappa shape index (κ1) is 20.8. The molecule has 5 rings (SSSR count). The van der Waals surface area contributed by atoms with Gasteiger partial charge in [-0.15, -0.1) is 0 Å². The maximum Gasteiger partial charge on any atom is 0.319 e. The van der Waals surface area contributed by atoms with Crippen LogP contribution < -0.4 is 10.6 Å². The standard InChI is InChI=1S/C26H25N5O2/c32-25(21-4-2-1-3-5-21)31-14-11-22(18-31)20-6-8-23(9-7-20)29-26(33)28-17-19-10-13-30-15-12-27-24(30)16-19/h1-10,12-13,15-16,22H,11,14,17-18H2,(H2,28,29,33). The zero-order chi connectivity index (χ0) is 22.6. The zero-order valence-electron chi connectivity index (χ0n) is 18.1. The molecule has 7 nitrogen and oxygen atoms in total. The van der Waals surface area contributed by atoms with Gasteiger partial charge in [-0.3, -0.25) is 4.79 Å². The topological polar surface area (TPSA) is 78.7 Å². The third kappa shape index (κ3) is 4.72. The summed E-state index contributed by atoms with van der Waals surface area (Å²) in [6.07, 6.45) is 6.49. The summed E-state index contributed by atoms with van der Waals surface area (Å²) in [6, 6.07) is 20.9. The second-order valence-corrected chi connectivity index (χ2v) is 8.26. The summed E-state index contributed by atoms with van der Waals surface area (Å²) in [4.78, 5) is 31.2. The summed E-state index contributed by atoms with van der Waals surface area (Å²) < 4.78 is 1.92. The maximum absolute atomic E-state index is 12.7. The van der Waals surface area contributed by atoms with E-state index in [1.165, 1.54) is 5.56 Å². The molecule has 3 heterocycles. The van der Waals surface area contributed by atoms with Gasteiger partial charge in [0.05, 0.1) is 0 Å². The summed E-state index contributed by atoms with van der Waals surface area (Å²) in [5.41, 5.74) is 4.47.